The molecule has 2 fully saturated rings. The number of carbonyl (C=O) groups excluding carboxylic acids is 2. The Morgan fingerprint density at radius 1 is 1.00 bits per heavy atom. The maximum atomic E-state index is 12.8. The minimum Gasteiger partial charge on any atom is -0.369 e. The lowest BCUT2D eigenvalue weighted by Crippen LogP contribution is -2.44. The van der Waals surface area contributed by atoms with Crippen molar-refractivity contribution in [3.63, 3.8) is 0 Å². The molecule has 30 heavy (non-hydrogen) atoms. The van der Waals surface area contributed by atoms with E-state index in [2.05, 4.69) is 46.5 Å². The van der Waals surface area contributed by atoms with Gasteiger partial charge in [-0.25, -0.2) is 0 Å². The van der Waals surface area contributed by atoms with E-state index in [-0.39, 0.29) is 17.7 Å². The number of nitrogens with zero attached hydrogens (tertiary/aromatic N) is 2. The summed E-state index contributed by atoms with van der Waals surface area (Å²) in [7, 11) is 2.15. The molecule has 2 amide bonds. The summed E-state index contributed by atoms with van der Waals surface area (Å²) < 4.78 is 0. The molecule has 1 saturated carbocycles. The predicted molar refractivity (Wildman–Crippen MR) is 121 cm³/mol. The van der Waals surface area contributed by atoms with Crippen LogP contribution in [0.25, 0.3) is 0 Å². The van der Waals surface area contributed by atoms with E-state index in [1.807, 2.05) is 19.1 Å². The zero-order chi connectivity index (χ0) is 21.3. The SMILES string of the molecule is Cc1cc(N2CCN(C)CC2)ccc1NC(=O)c1cccc(NC(=O)C2CC2C)c1. The summed E-state index contributed by atoms with van der Waals surface area (Å²) in [6.07, 6.45) is 0.940. The number of aryl methyl sites for hydroxylation is 1. The average Bonchev–Trinajstić information content (AvgIpc) is 3.47. The summed E-state index contributed by atoms with van der Waals surface area (Å²) in [6.45, 7) is 8.24. The third-order valence-electron chi connectivity index (χ3n) is 6.17. The van der Waals surface area contributed by atoms with E-state index in [1.165, 1.54) is 5.69 Å². The summed E-state index contributed by atoms with van der Waals surface area (Å²) in [5, 5.41) is 5.93. The van der Waals surface area contributed by atoms with Crippen molar-refractivity contribution in [1.82, 2.24) is 4.90 Å². The quantitative estimate of drug-likeness (QED) is 0.796. The first-order valence-corrected chi connectivity index (χ1v) is 10.7. The van der Waals surface area contributed by atoms with Gasteiger partial charge >= 0.3 is 0 Å². The lowest BCUT2D eigenvalue weighted by atomic mass is 10.1. The second-order valence-electron chi connectivity index (χ2n) is 8.63. The molecule has 6 heteroatoms. The largest absolute Gasteiger partial charge is 0.369 e. The highest BCUT2D eigenvalue weighted by molar-refractivity contribution is 6.06. The number of nitrogens with one attached hydrogen (secondary N) is 2. The van der Waals surface area contributed by atoms with Crippen LogP contribution >= 0.6 is 0 Å². The molecule has 0 aromatic heterocycles. The van der Waals surface area contributed by atoms with E-state index in [1.54, 1.807) is 18.2 Å². The van der Waals surface area contributed by atoms with Gasteiger partial charge in [0.25, 0.3) is 5.91 Å². The van der Waals surface area contributed by atoms with Crippen LogP contribution in [0.15, 0.2) is 42.5 Å². The Morgan fingerprint density at radius 3 is 2.40 bits per heavy atom. The molecule has 2 aromatic rings. The lowest BCUT2D eigenvalue weighted by Gasteiger charge is -2.34. The standard InChI is InChI=1S/C24H30N4O2/c1-16-14-21(16)24(30)25-19-6-4-5-18(15-19)23(29)26-22-8-7-20(13-17(22)2)28-11-9-27(3)10-12-28/h4-8,13,15-16,21H,9-12,14H2,1-3H3,(H,25,30)(H,26,29). The van der Waals surface area contributed by atoms with Crippen molar-refractivity contribution >= 4 is 28.9 Å². The van der Waals surface area contributed by atoms with Crippen LogP contribution in [0, 0.1) is 18.8 Å². The molecule has 158 valence electrons. The minimum absolute atomic E-state index is 0.0374. The lowest BCUT2D eigenvalue weighted by molar-refractivity contribution is -0.117. The molecule has 0 bridgehead atoms. The summed E-state index contributed by atoms with van der Waals surface area (Å²) in [5.74, 6) is 0.411. The average molecular weight is 407 g/mol. The number of amides is 2. The van der Waals surface area contributed by atoms with Crippen molar-refractivity contribution < 1.29 is 9.59 Å². The predicted octanol–water partition coefficient (Wildman–Crippen LogP) is 3.59. The molecular formula is C24H30N4O2. The maximum absolute atomic E-state index is 12.8. The highest BCUT2D eigenvalue weighted by Gasteiger charge is 2.39. The van der Waals surface area contributed by atoms with Crippen LogP contribution in [0.2, 0.25) is 0 Å². The molecule has 0 radical (unpaired) electrons. The number of anilines is 3. The molecule has 6 nitrogen and oxygen atoms in total. The van der Waals surface area contributed by atoms with Gasteiger partial charge in [0.2, 0.25) is 5.91 Å². The van der Waals surface area contributed by atoms with E-state index in [4.69, 9.17) is 0 Å². The monoisotopic (exact) mass is 406 g/mol. The first kappa shape index (κ1) is 20.4. The second kappa shape index (κ2) is 8.48. The molecule has 1 saturated heterocycles. The molecule has 0 spiro atoms. The molecule has 1 heterocycles. The molecule has 2 atom stereocenters. The van der Waals surface area contributed by atoms with Crippen LogP contribution in [0.4, 0.5) is 17.1 Å². The Morgan fingerprint density at radius 2 is 1.73 bits per heavy atom. The topological polar surface area (TPSA) is 64.7 Å². The van der Waals surface area contributed by atoms with Crippen LogP contribution in [-0.4, -0.2) is 49.9 Å². The fraction of sp³-hybridized carbons (Fsp3) is 0.417. The summed E-state index contributed by atoms with van der Waals surface area (Å²) in [4.78, 5) is 29.7. The van der Waals surface area contributed by atoms with Gasteiger partial charge < -0.3 is 20.4 Å². The van der Waals surface area contributed by atoms with Crippen LogP contribution in [-0.2, 0) is 4.79 Å². The third-order valence-corrected chi connectivity index (χ3v) is 6.17. The fourth-order valence-corrected chi connectivity index (χ4v) is 3.90. The van der Waals surface area contributed by atoms with E-state index >= 15 is 0 Å². The van der Waals surface area contributed by atoms with Crippen LogP contribution in [0.5, 0.6) is 0 Å². The Kier molecular flexibility index (Phi) is 5.77. The first-order chi connectivity index (χ1) is 14.4. The van der Waals surface area contributed by atoms with Crippen molar-refractivity contribution in [2.45, 2.75) is 20.3 Å². The van der Waals surface area contributed by atoms with E-state index in [0.29, 0.717) is 17.2 Å². The molecule has 2 N–H and O–H groups in total. The summed E-state index contributed by atoms with van der Waals surface area (Å²) in [6, 6.07) is 13.3. The number of benzene rings is 2. The van der Waals surface area contributed by atoms with E-state index in [9.17, 15) is 9.59 Å². The van der Waals surface area contributed by atoms with Gasteiger partial charge in [-0.1, -0.05) is 13.0 Å². The van der Waals surface area contributed by atoms with E-state index in [0.717, 1.165) is 43.9 Å². The van der Waals surface area contributed by atoms with Crippen LogP contribution < -0.4 is 15.5 Å². The van der Waals surface area contributed by atoms with Crippen LogP contribution in [0.3, 0.4) is 0 Å². The van der Waals surface area contributed by atoms with Gasteiger partial charge in [-0.2, -0.15) is 0 Å². The van der Waals surface area contributed by atoms with Gasteiger partial charge in [-0.3, -0.25) is 9.59 Å². The zero-order valence-corrected chi connectivity index (χ0v) is 17.9. The second-order valence-corrected chi connectivity index (χ2v) is 8.63. The number of piperazine rings is 1. The molecule has 2 aliphatic rings. The van der Waals surface area contributed by atoms with Gasteiger partial charge in [-0.05, 0) is 68.3 Å². The molecule has 2 aromatic carbocycles. The maximum Gasteiger partial charge on any atom is 0.255 e. The number of hydrogen-bond donors (Lipinski definition) is 2. The Hall–Kier alpha value is -2.86. The highest BCUT2D eigenvalue weighted by Crippen LogP contribution is 2.38. The van der Waals surface area contributed by atoms with Crippen molar-refractivity contribution in [2.24, 2.45) is 11.8 Å². The third kappa shape index (κ3) is 4.65. The van der Waals surface area contributed by atoms with Crippen molar-refractivity contribution in [2.75, 3.05) is 48.8 Å². The molecule has 2 unspecified atom stereocenters. The fourth-order valence-electron chi connectivity index (χ4n) is 3.90. The Balaban J connectivity index is 1.41. The molecule has 1 aliphatic carbocycles. The Bertz CT molecular complexity index is 950. The molecule has 4 rings (SSSR count). The van der Waals surface area contributed by atoms with E-state index < -0.39 is 0 Å². The minimum atomic E-state index is -0.179. The summed E-state index contributed by atoms with van der Waals surface area (Å²) >= 11 is 0. The van der Waals surface area contributed by atoms with Crippen LogP contribution in [0.1, 0.15) is 29.3 Å². The van der Waals surface area contributed by atoms with Gasteiger partial charge in [0.15, 0.2) is 0 Å². The molecular weight excluding hydrogens is 376 g/mol. The van der Waals surface area contributed by atoms with Crippen molar-refractivity contribution in [3.05, 3.63) is 53.6 Å². The number of rotatable bonds is 5. The summed E-state index contributed by atoms with van der Waals surface area (Å²) in [5.41, 5.74) is 4.22. The number of hydrogen-bond acceptors (Lipinski definition) is 4. The van der Waals surface area contributed by atoms with Gasteiger partial charge in [-0.15, -0.1) is 0 Å². The zero-order valence-electron chi connectivity index (χ0n) is 17.9. The number of likely N-dealkylation sites (N-methyl/N-ethyl adjacent to an activating group) is 1. The van der Waals surface area contributed by atoms with Gasteiger partial charge in [0, 0.05) is 54.7 Å². The normalized spacial score (nSPS) is 21.2. The van der Waals surface area contributed by atoms with Gasteiger partial charge in [0.1, 0.15) is 0 Å². The Labute approximate surface area is 178 Å². The van der Waals surface area contributed by atoms with Crippen molar-refractivity contribution in [1.29, 1.82) is 0 Å². The molecule has 1 aliphatic heterocycles. The smallest absolute Gasteiger partial charge is 0.255 e. The van der Waals surface area contributed by atoms with Gasteiger partial charge in [0.05, 0.1) is 0 Å². The van der Waals surface area contributed by atoms with Crippen molar-refractivity contribution in [3.8, 4) is 0 Å². The highest BCUT2D eigenvalue weighted by atomic mass is 16.2. The number of carbonyl (C=O) groups is 2. The first-order valence-electron chi connectivity index (χ1n) is 10.7.